The van der Waals surface area contributed by atoms with Crippen molar-refractivity contribution in [2.75, 3.05) is 7.11 Å². The van der Waals surface area contributed by atoms with Crippen LogP contribution in [0.2, 0.25) is 0 Å². The van der Waals surface area contributed by atoms with E-state index in [0.717, 1.165) is 16.2 Å². The van der Waals surface area contributed by atoms with Crippen molar-refractivity contribution in [1.82, 2.24) is 4.98 Å². The van der Waals surface area contributed by atoms with Crippen molar-refractivity contribution in [1.29, 1.82) is 0 Å². The fourth-order valence-corrected chi connectivity index (χ4v) is 2.71. The van der Waals surface area contributed by atoms with E-state index in [1.54, 1.807) is 25.3 Å². The zero-order valence-electron chi connectivity index (χ0n) is 10.5. The molecule has 96 valence electrons. The zero-order valence-corrected chi connectivity index (χ0v) is 11.3. The van der Waals surface area contributed by atoms with Crippen LogP contribution in [0.4, 0.5) is 0 Å². The first kappa shape index (κ1) is 11.9. The lowest BCUT2D eigenvalue weighted by atomic mass is 10.2. The molecule has 0 aliphatic rings. The van der Waals surface area contributed by atoms with Crippen LogP contribution >= 0.6 is 11.3 Å². The number of fused-ring (bicyclic) bond motifs is 1. The summed E-state index contributed by atoms with van der Waals surface area (Å²) in [5.74, 6) is 1.08. The molecule has 0 spiro atoms. The second-order valence-electron chi connectivity index (χ2n) is 4.11. The van der Waals surface area contributed by atoms with E-state index < -0.39 is 0 Å². The number of aryl methyl sites for hydroxylation is 1. The normalized spacial score (nSPS) is 10.8. The highest BCUT2D eigenvalue weighted by molar-refractivity contribution is 7.18. The summed E-state index contributed by atoms with van der Waals surface area (Å²) in [4.78, 5) is 18.0. The van der Waals surface area contributed by atoms with Crippen molar-refractivity contribution >= 4 is 21.6 Å². The highest BCUT2D eigenvalue weighted by Crippen LogP contribution is 2.25. The molecule has 2 heterocycles. The van der Waals surface area contributed by atoms with Gasteiger partial charge in [0.2, 0.25) is 5.89 Å². The number of methoxy groups -OCH3 is 1. The van der Waals surface area contributed by atoms with Crippen molar-refractivity contribution in [3.8, 4) is 17.2 Å². The van der Waals surface area contributed by atoms with Crippen LogP contribution < -0.4 is 10.4 Å². The molecule has 0 saturated carbocycles. The second-order valence-corrected chi connectivity index (χ2v) is 5.35. The standard InChI is InChI=1S/C14H11NO3S/c1-8-7-11-13(19-8)15-12(18-14(11)16)9-3-5-10(17-2)6-4-9/h3-7H,1-2H3. The van der Waals surface area contributed by atoms with E-state index in [0.29, 0.717) is 16.1 Å². The van der Waals surface area contributed by atoms with Gasteiger partial charge in [-0.2, -0.15) is 0 Å². The average Bonchev–Trinajstić information content (AvgIpc) is 2.80. The summed E-state index contributed by atoms with van der Waals surface area (Å²) in [6.07, 6.45) is 0. The number of benzene rings is 1. The predicted octanol–water partition coefficient (Wildman–Crippen LogP) is 3.23. The molecule has 2 aromatic heterocycles. The molecule has 3 rings (SSSR count). The van der Waals surface area contributed by atoms with Gasteiger partial charge in [-0.1, -0.05) is 0 Å². The van der Waals surface area contributed by atoms with Gasteiger partial charge in [0.1, 0.15) is 10.6 Å². The van der Waals surface area contributed by atoms with E-state index in [1.165, 1.54) is 11.3 Å². The Bertz CT molecular complexity index is 787. The molecule has 3 aromatic rings. The Labute approximate surface area is 113 Å². The summed E-state index contributed by atoms with van der Waals surface area (Å²) in [5, 5.41) is 0.541. The average molecular weight is 273 g/mol. The largest absolute Gasteiger partial charge is 0.497 e. The molecule has 0 fully saturated rings. The quantitative estimate of drug-likeness (QED) is 0.719. The molecule has 0 aliphatic heterocycles. The lowest BCUT2D eigenvalue weighted by molar-refractivity contribution is 0.415. The number of ether oxygens (including phenoxy) is 1. The Kier molecular flexibility index (Phi) is 2.83. The summed E-state index contributed by atoms with van der Waals surface area (Å²) in [7, 11) is 1.61. The van der Waals surface area contributed by atoms with E-state index in [-0.39, 0.29) is 5.63 Å². The van der Waals surface area contributed by atoms with Gasteiger partial charge in [-0.05, 0) is 37.3 Å². The van der Waals surface area contributed by atoms with Crippen LogP contribution in [-0.2, 0) is 0 Å². The number of nitrogens with zero attached hydrogens (tertiary/aromatic N) is 1. The minimum absolute atomic E-state index is 0.335. The maximum Gasteiger partial charge on any atom is 0.347 e. The van der Waals surface area contributed by atoms with Gasteiger partial charge in [0.25, 0.3) is 0 Å². The van der Waals surface area contributed by atoms with Gasteiger partial charge < -0.3 is 9.15 Å². The van der Waals surface area contributed by atoms with E-state index in [4.69, 9.17) is 9.15 Å². The summed E-state index contributed by atoms with van der Waals surface area (Å²) >= 11 is 1.49. The van der Waals surface area contributed by atoms with Gasteiger partial charge in [0.05, 0.1) is 12.5 Å². The third kappa shape index (κ3) is 2.13. The first-order valence-electron chi connectivity index (χ1n) is 5.73. The van der Waals surface area contributed by atoms with Crippen molar-refractivity contribution in [3.63, 3.8) is 0 Å². The van der Waals surface area contributed by atoms with Crippen molar-refractivity contribution < 1.29 is 9.15 Å². The lowest BCUT2D eigenvalue weighted by Gasteiger charge is -2.01. The molecule has 0 unspecified atom stereocenters. The van der Waals surface area contributed by atoms with Gasteiger partial charge in [-0.15, -0.1) is 11.3 Å². The van der Waals surface area contributed by atoms with Gasteiger partial charge in [-0.3, -0.25) is 0 Å². The monoisotopic (exact) mass is 273 g/mol. The van der Waals surface area contributed by atoms with Crippen LogP contribution in [0.25, 0.3) is 21.7 Å². The first-order chi connectivity index (χ1) is 9.17. The molecule has 19 heavy (non-hydrogen) atoms. The summed E-state index contributed by atoms with van der Waals surface area (Å²) in [6.45, 7) is 1.94. The van der Waals surface area contributed by atoms with Crippen molar-refractivity contribution in [3.05, 3.63) is 45.6 Å². The van der Waals surface area contributed by atoms with Crippen LogP contribution in [0.5, 0.6) is 5.75 Å². The van der Waals surface area contributed by atoms with E-state index in [1.807, 2.05) is 19.1 Å². The van der Waals surface area contributed by atoms with Crippen LogP contribution in [0.1, 0.15) is 4.88 Å². The maximum atomic E-state index is 11.9. The zero-order chi connectivity index (χ0) is 13.4. The third-order valence-corrected chi connectivity index (χ3v) is 3.73. The summed E-state index contributed by atoms with van der Waals surface area (Å²) < 4.78 is 10.4. The molecule has 0 radical (unpaired) electrons. The molecule has 1 aromatic carbocycles. The molecule has 5 heteroatoms. The fourth-order valence-electron chi connectivity index (χ4n) is 1.85. The van der Waals surface area contributed by atoms with E-state index in [9.17, 15) is 4.79 Å². The molecule has 0 aliphatic carbocycles. The molecule has 0 saturated heterocycles. The molecule has 4 nitrogen and oxygen atoms in total. The maximum absolute atomic E-state index is 11.9. The highest BCUT2D eigenvalue weighted by Gasteiger charge is 2.10. The molecule has 0 amide bonds. The van der Waals surface area contributed by atoms with Crippen molar-refractivity contribution in [2.24, 2.45) is 0 Å². The second kappa shape index (κ2) is 4.51. The minimum atomic E-state index is -0.347. The number of aromatic nitrogens is 1. The Balaban J connectivity index is 2.16. The van der Waals surface area contributed by atoms with Gasteiger partial charge in [0.15, 0.2) is 0 Å². The molecular formula is C14H11NO3S. The predicted molar refractivity (Wildman–Crippen MR) is 74.9 cm³/mol. The Morgan fingerprint density at radius 2 is 2.00 bits per heavy atom. The van der Waals surface area contributed by atoms with Gasteiger partial charge in [0, 0.05) is 10.4 Å². The van der Waals surface area contributed by atoms with Crippen LogP contribution in [-0.4, -0.2) is 12.1 Å². The van der Waals surface area contributed by atoms with Gasteiger partial charge in [-0.25, -0.2) is 9.78 Å². The molecule has 0 bridgehead atoms. The Hall–Kier alpha value is -2.14. The first-order valence-corrected chi connectivity index (χ1v) is 6.55. The Morgan fingerprint density at radius 1 is 1.26 bits per heavy atom. The number of thiophene rings is 1. The SMILES string of the molecule is COc1ccc(-c2nc3sc(C)cc3c(=O)o2)cc1. The summed E-state index contributed by atoms with van der Waals surface area (Å²) in [5.41, 5.74) is 0.408. The minimum Gasteiger partial charge on any atom is -0.497 e. The van der Waals surface area contributed by atoms with Crippen LogP contribution in [0.3, 0.4) is 0 Å². The molecule has 0 atom stereocenters. The Morgan fingerprint density at radius 3 is 2.68 bits per heavy atom. The topological polar surface area (TPSA) is 52.3 Å². The lowest BCUT2D eigenvalue weighted by Crippen LogP contribution is -2.00. The number of rotatable bonds is 2. The molecule has 0 N–H and O–H groups in total. The molecular weight excluding hydrogens is 262 g/mol. The van der Waals surface area contributed by atoms with Gasteiger partial charge >= 0.3 is 5.63 Å². The highest BCUT2D eigenvalue weighted by atomic mass is 32.1. The summed E-state index contributed by atoms with van der Waals surface area (Å²) in [6, 6.07) is 9.05. The number of hydrogen-bond acceptors (Lipinski definition) is 5. The third-order valence-electron chi connectivity index (χ3n) is 2.79. The van der Waals surface area contributed by atoms with E-state index >= 15 is 0 Å². The van der Waals surface area contributed by atoms with E-state index in [2.05, 4.69) is 4.98 Å². The van der Waals surface area contributed by atoms with Crippen molar-refractivity contribution in [2.45, 2.75) is 6.92 Å². The van der Waals surface area contributed by atoms with Crippen LogP contribution in [0.15, 0.2) is 39.5 Å². The fraction of sp³-hybridized carbons (Fsp3) is 0.143. The van der Waals surface area contributed by atoms with Crippen LogP contribution in [0, 0.1) is 6.92 Å². The number of hydrogen-bond donors (Lipinski definition) is 0. The smallest absolute Gasteiger partial charge is 0.347 e.